The lowest BCUT2D eigenvalue weighted by atomic mass is 9.97. The molecule has 84 valence electrons. The molecule has 0 bridgehead atoms. The quantitative estimate of drug-likeness (QED) is 0.776. The van der Waals surface area contributed by atoms with Gasteiger partial charge in [0.1, 0.15) is 0 Å². The van der Waals surface area contributed by atoms with E-state index in [0.717, 1.165) is 0 Å². The number of primary amides is 1. The largest absolute Gasteiger partial charge is 0.368 e. The second kappa shape index (κ2) is 5.01. The molecule has 4 N–H and O–H groups in total. The third kappa shape index (κ3) is 3.85. The van der Waals surface area contributed by atoms with E-state index in [9.17, 15) is 4.79 Å². The predicted octanol–water partition coefficient (Wildman–Crippen LogP) is 1.82. The molecule has 1 rings (SSSR count). The first-order valence-electron chi connectivity index (χ1n) is 4.71. The van der Waals surface area contributed by atoms with E-state index in [4.69, 9.17) is 11.5 Å². The summed E-state index contributed by atoms with van der Waals surface area (Å²) in [4.78, 5) is 11.0. The molecule has 2 unspecified atom stereocenters. The van der Waals surface area contributed by atoms with Crippen LogP contribution in [0.25, 0.3) is 0 Å². The van der Waals surface area contributed by atoms with E-state index >= 15 is 0 Å². The molecule has 0 aliphatic carbocycles. The van der Waals surface area contributed by atoms with Gasteiger partial charge < -0.3 is 11.5 Å². The van der Waals surface area contributed by atoms with Crippen LogP contribution in [0.4, 0.5) is 0 Å². The number of rotatable bonds is 5. The summed E-state index contributed by atoms with van der Waals surface area (Å²) in [5.41, 5.74) is 10.1. The minimum absolute atomic E-state index is 0.283. The molecule has 0 aromatic carbocycles. The zero-order valence-electron chi connectivity index (χ0n) is 8.90. The summed E-state index contributed by atoms with van der Waals surface area (Å²) in [6.45, 7) is 3.74. The third-order valence-corrected chi connectivity index (χ3v) is 4.26. The van der Waals surface area contributed by atoms with Gasteiger partial charge in [-0.25, -0.2) is 0 Å². The molecule has 0 saturated carbocycles. The van der Waals surface area contributed by atoms with Gasteiger partial charge in [-0.1, -0.05) is 13.0 Å². The molecular weight excluding hydrogens is 228 g/mol. The molecule has 0 aliphatic rings. The molecule has 1 aromatic heterocycles. The van der Waals surface area contributed by atoms with Crippen molar-refractivity contribution in [3.63, 3.8) is 0 Å². The third-order valence-electron chi connectivity index (χ3n) is 2.09. The van der Waals surface area contributed by atoms with Crippen LogP contribution >= 0.6 is 23.1 Å². The number of hydrogen-bond donors (Lipinski definition) is 2. The van der Waals surface area contributed by atoms with Gasteiger partial charge >= 0.3 is 0 Å². The van der Waals surface area contributed by atoms with Crippen molar-refractivity contribution in [3.8, 4) is 0 Å². The van der Waals surface area contributed by atoms with Crippen LogP contribution in [0.1, 0.15) is 20.3 Å². The molecule has 2 atom stereocenters. The van der Waals surface area contributed by atoms with Gasteiger partial charge in [0.25, 0.3) is 0 Å². The van der Waals surface area contributed by atoms with Crippen LogP contribution in [0.3, 0.4) is 0 Å². The predicted molar refractivity (Wildman–Crippen MR) is 66.0 cm³/mol. The molecule has 0 fully saturated rings. The zero-order chi connectivity index (χ0) is 11.5. The minimum Gasteiger partial charge on any atom is -0.368 e. The standard InChI is InChI=1S/C10H16N2OS2/c1-7(6-10(2,12)9(11)13)15-8-4-3-5-14-8/h3-5,7H,6,12H2,1-2H3,(H2,11,13). The van der Waals surface area contributed by atoms with Gasteiger partial charge in [-0.2, -0.15) is 0 Å². The van der Waals surface area contributed by atoms with Crippen molar-refractivity contribution in [2.45, 2.75) is 35.3 Å². The van der Waals surface area contributed by atoms with E-state index in [2.05, 4.69) is 13.0 Å². The maximum atomic E-state index is 11.0. The van der Waals surface area contributed by atoms with Gasteiger partial charge in [-0.15, -0.1) is 23.1 Å². The SMILES string of the molecule is CC(CC(C)(N)C(N)=O)Sc1cccs1. The second-order valence-corrected chi connectivity index (χ2v) is 6.53. The lowest BCUT2D eigenvalue weighted by molar-refractivity contribution is -0.122. The Morgan fingerprint density at radius 1 is 1.73 bits per heavy atom. The van der Waals surface area contributed by atoms with Crippen molar-refractivity contribution in [2.75, 3.05) is 0 Å². The van der Waals surface area contributed by atoms with Crippen LogP contribution in [0, 0.1) is 0 Å². The first-order chi connectivity index (χ1) is 6.92. The van der Waals surface area contributed by atoms with Crippen LogP contribution in [0.5, 0.6) is 0 Å². The van der Waals surface area contributed by atoms with Crippen LogP contribution in [0.2, 0.25) is 0 Å². The lowest BCUT2D eigenvalue weighted by Crippen LogP contribution is -2.50. The molecule has 1 heterocycles. The van der Waals surface area contributed by atoms with E-state index in [0.29, 0.717) is 6.42 Å². The molecule has 5 heteroatoms. The Labute approximate surface area is 98.2 Å². The Morgan fingerprint density at radius 2 is 2.40 bits per heavy atom. The van der Waals surface area contributed by atoms with E-state index in [1.807, 2.05) is 11.4 Å². The Balaban J connectivity index is 2.49. The molecule has 15 heavy (non-hydrogen) atoms. The summed E-state index contributed by atoms with van der Waals surface area (Å²) in [7, 11) is 0. The summed E-state index contributed by atoms with van der Waals surface area (Å²) in [5, 5.41) is 2.32. The van der Waals surface area contributed by atoms with Gasteiger partial charge in [0.2, 0.25) is 5.91 Å². The van der Waals surface area contributed by atoms with Gasteiger partial charge in [-0.3, -0.25) is 4.79 Å². The van der Waals surface area contributed by atoms with Crippen molar-refractivity contribution in [3.05, 3.63) is 17.5 Å². The highest BCUT2D eigenvalue weighted by atomic mass is 32.2. The van der Waals surface area contributed by atoms with E-state index in [1.54, 1.807) is 30.0 Å². The Kier molecular flexibility index (Phi) is 4.19. The van der Waals surface area contributed by atoms with E-state index in [-0.39, 0.29) is 5.25 Å². The molecular formula is C10H16N2OS2. The van der Waals surface area contributed by atoms with Gasteiger partial charge in [0.05, 0.1) is 9.75 Å². The Bertz CT molecular complexity index is 322. The normalized spacial score (nSPS) is 17.0. The molecule has 0 radical (unpaired) electrons. The van der Waals surface area contributed by atoms with Crippen molar-refractivity contribution in [1.29, 1.82) is 0 Å². The van der Waals surface area contributed by atoms with Crippen LogP contribution in [-0.2, 0) is 4.79 Å². The number of nitrogens with two attached hydrogens (primary N) is 2. The number of thioether (sulfide) groups is 1. The topological polar surface area (TPSA) is 69.1 Å². The lowest BCUT2D eigenvalue weighted by Gasteiger charge is -2.23. The fourth-order valence-corrected chi connectivity index (χ4v) is 3.58. The fraction of sp³-hybridized carbons (Fsp3) is 0.500. The summed E-state index contributed by atoms with van der Waals surface area (Å²) in [6.07, 6.45) is 0.588. The first-order valence-corrected chi connectivity index (χ1v) is 6.46. The summed E-state index contributed by atoms with van der Waals surface area (Å²) in [6, 6.07) is 4.07. The Morgan fingerprint density at radius 3 is 2.87 bits per heavy atom. The van der Waals surface area contributed by atoms with Crippen LogP contribution in [-0.4, -0.2) is 16.7 Å². The highest BCUT2D eigenvalue weighted by molar-refractivity contribution is 8.01. The molecule has 0 spiro atoms. The highest BCUT2D eigenvalue weighted by Gasteiger charge is 2.28. The maximum absolute atomic E-state index is 11.0. The zero-order valence-corrected chi connectivity index (χ0v) is 10.5. The summed E-state index contributed by atoms with van der Waals surface area (Å²) >= 11 is 3.42. The van der Waals surface area contributed by atoms with E-state index in [1.165, 1.54) is 4.21 Å². The average molecular weight is 244 g/mol. The van der Waals surface area contributed by atoms with Crippen molar-refractivity contribution in [1.82, 2.24) is 0 Å². The summed E-state index contributed by atoms with van der Waals surface area (Å²) < 4.78 is 1.24. The molecule has 0 aliphatic heterocycles. The number of amides is 1. The molecule has 1 amide bonds. The highest BCUT2D eigenvalue weighted by Crippen LogP contribution is 2.31. The number of carbonyl (C=O) groups is 1. The summed E-state index contributed by atoms with van der Waals surface area (Å²) in [5.74, 6) is -0.443. The van der Waals surface area contributed by atoms with E-state index < -0.39 is 11.4 Å². The molecule has 1 aromatic rings. The molecule has 0 saturated heterocycles. The molecule has 3 nitrogen and oxygen atoms in total. The monoisotopic (exact) mass is 244 g/mol. The van der Waals surface area contributed by atoms with Gasteiger partial charge in [0.15, 0.2) is 0 Å². The van der Waals surface area contributed by atoms with Crippen LogP contribution < -0.4 is 11.5 Å². The smallest absolute Gasteiger partial charge is 0.237 e. The second-order valence-electron chi connectivity index (χ2n) is 3.85. The van der Waals surface area contributed by atoms with Crippen LogP contribution in [0.15, 0.2) is 21.7 Å². The van der Waals surface area contributed by atoms with Crippen molar-refractivity contribution < 1.29 is 4.79 Å². The average Bonchev–Trinajstić information content (AvgIpc) is 2.54. The first kappa shape index (κ1) is 12.5. The Hall–Kier alpha value is -0.520. The maximum Gasteiger partial charge on any atom is 0.237 e. The van der Waals surface area contributed by atoms with Crippen molar-refractivity contribution in [2.24, 2.45) is 11.5 Å². The number of thiophene rings is 1. The minimum atomic E-state index is -0.913. The fourth-order valence-electron chi connectivity index (χ4n) is 1.27. The number of carbonyl (C=O) groups excluding carboxylic acids is 1. The number of hydrogen-bond acceptors (Lipinski definition) is 4. The van der Waals surface area contributed by atoms with Gasteiger partial charge in [-0.05, 0) is 24.8 Å². The van der Waals surface area contributed by atoms with Crippen molar-refractivity contribution >= 4 is 29.0 Å². The van der Waals surface area contributed by atoms with Gasteiger partial charge in [0, 0.05) is 5.25 Å².